The van der Waals surface area contributed by atoms with Crippen LogP contribution in [0.2, 0.25) is 0 Å². The lowest BCUT2D eigenvalue weighted by Gasteiger charge is -2.07. The standard InChI is InChI=1S/C21H19IN4O5/c1-11(21(30)31)2-9-17(27)23-14-6-3-12(4-7-14)19(28)26-25-18-15-10-13(22)5-8-16(15)24-20(18)29/h3-8,10-11,24,29H,2,9H2,1H3,(H,23,27)(H,30,31). The third-order valence-electron chi connectivity index (χ3n) is 4.60. The van der Waals surface area contributed by atoms with Crippen molar-refractivity contribution in [2.45, 2.75) is 19.8 Å². The molecule has 2 aromatic carbocycles. The van der Waals surface area contributed by atoms with Crippen LogP contribution in [0, 0.1) is 9.49 Å². The minimum absolute atomic E-state index is 0.0788. The summed E-state index contributed by atoms with van der Waals surface area (Å²) in [5.74, 6) is -2.63. The number of anilines is 1. The molecule has 1 unspecified atom stereocenters. The number of fused-ring (bicyclic) bond motifs is 1. The van der Waals surface area contributed by atoms with Crippen LogP contribution in [-0.2, 0) is 9.59 Å². The average Bonchev–Trinajstić information content (AvgIpc) is 3.04. The summed E-state index contributed by atoms with van der Waals surface area (Å²) in [6, 6.07) is 11.6. The molecule has 9 nitrogen and oxygen atoms in total. The molecule has 0 aliphatic rings. The Hall–Kier alpha value is -3.28. The van der Waals surface area contributed by atoms with Gasteiger partial charge in [0.05, 0.1) is 11.4 Å². The van der Waals surface area contributed by atoms with Gasteiger partial charge < -0.3 is 20.5 Å². The normalized spacial score (nSPS) is 12.2. The van der Waals surface area contributed by atoms with Crippen LogP contribution in [0.25, 0.3) is 10.9 Å². The number of aromatic nitrogens is 1. The topological polar surface area (TPSA) is 144 Å². The van der Waals surface area contributed by atoms with Gasteiger partial charge in [0.1, 0.15) is 0 Å². The molecule has 1 heterocycles. The monoisotopic (exact) mass is 534 g/mol. The highest BCUT2D eigenvalue weighted by atomic mass is 127. The summed E-state index contributed by atoms with van der Waals surface area (Å²) in [7, 11) is 0. The predicted octanol–water partition coefficient (Wildman–Crippen LogP) is 4.84. The number of H-pyrrole nitrogens is 1. The lowest BCUT2D eigenvalue weighted by Crippen LogP contribution is -2.16. The molecule has 0 spiro atoms. The van der Waals surface area contributed by atoms with Crippen LogP contribution in [-0.4, -0.2) is 33.0 Å². The SMILES string of the molecule is CC(CCC(=O)Nc1ccc(C(=O)N=Nc2c(O)[nH]c3ccc(I)cc23)cc1)C(=O)O. The molecule has 3 aromatic rings. The van der Waals surface area contributed by atoms with Gasteiger partial charge in [0.15, 0.2) is 5.69 Å². The zero-order valence-corrected chi connectivity index (χ0v) is 18.6. The largest absolute Gasteiger partial charge is 0.493 e. The maximum Gasteiger partial charge on any atom is 0.306 e. The maximum atomic E-state index is 12.3. The lowest BCUT2D eigenvalue weighted by molar-refractivity contribution is -0.141. The summed E-state index contributed by atoms with van der Waals surface area (Å²) in [4.78, 5) is 37.8. The number of carbonyl (C=O) groups is 3. The molecular formula is C21H19IN4O5. The van der Waals surface area contributed by atoms with E-state index in [4.69, 9.17) is 5.11 Å². The molecular weight excluding hydrogens is 515 g/mol. The summed E-state index contributed by atoms with van der Waals surface area (Å²) < 4.78 is 0.946. The quantitative estimate of drug-likeness (QED) is 0.253. The van der Waals surface area contributed by atoms with E-state index in [0.717, 1.165) is 3.57 Å². The van der Waals surface area contributed by atoms with E-state index in [1.54, 1.807) is 25.1 Å². The van der Waals surface area contributed by atoms with Crippen molar-refractivity contribution in [3.8, 4) is 5.88 Å². The number of nitrogens with zero attached hydrogens (tertiary/aromatic N) is 2. The molecule has 0 aliphatic carbocycles. The molecule has 2 amide bonds. The fourth-order valence-electron chi connectivity index (χ4n) is 2.78. The predicted molar refractivity (Wildman–Crippen MR) is 123 cm³/mol. The molecule has 0 saturated heterocycles. The molecule has 3 rings (SSSR count). The molecule has 1 atom stereocenters. The Bertz CT molecular complexity index is 1170. The summed E-state index contributed by atoms with van der Waals surface area (Å²) >= 11 is 2.14. The Morgan fingerprint density at radius 2 is 1.87 bits per heavy atom. The number of aliphatic carboxylic acids is 1. The van der Waals surface area contributed by atoms with E-state index in [9.17, 15) is 19.5 Å². The van der Waals surface area contributed by atoms with Gasteiger partial charge in [-0.1, -0.05) is 6.92 Å². The van der Waals surface area contributed by atoms with Crippen molar-refractivity contribution in [2.24, 2.45) is 16.1 Å². The Labute approximate surface area is 190 Å². The first-order valence-electron chi connectivity index (χ1n) is 9.33. The Kier molecular flexibility index (Phi) is 7.00. The van der Waals surface area contributed by atoms with Crippen molar-refractivity contribution < 1.29 is 24.6 Å². The van der Waals surface area contributed by atoms with Crippen molar-refractivity contribution in [2.75, 3.05) is 5.32 Å². The molecule has 4 N–H and O–H groups in total. The van der Waals surface area contributed by atoms with E-state index in [1.807, 2.05) is 12.1 Å². The number of rotatable bonds is 7. The lowest BCUT2D eigenvalue weighted by atomic mass is 10.1. The van der Waals surface area contributed by atoms with Crippen molar-refractivity contribution in [1.82, 2.24) is 4.98 Å². The number of nitrogens with one attached hydrogen (secondary N) is 2. The van der Waals surface area contributed by atoms with Crippen LogP contribution in [0.15, 0.2) is 52.7 Å². The summed E-state index contributed by atoms with van der Waals surface area (Å²) in [5.41, 5.74) is 1.60. The van der Waals surface area contributed by atoms with Gasteiger partial charge in [-0.15, -0.1) is 10.2 Å². The molecule has 0 fully saturated rings. The highest BCUT2D eigenvalue weighted by Crippen LogP contribution is 2.36. The molecule has 160 valence electrons. The van der Waals surface area contributed by atoms with Gasteiger partial charge in [-0.3, -0.25) is 14.4 Å². The zero-order valence-electron chi connectivity index (χ0n) is 16.4. The Balaban J connectivity index is 1.64. The number of amides is 2. The number of carbonyl (C=O) groups excluding carboxylic acids is 2. The number of aromatic amines is 1. The smallest absolute Gasteiger partial charge is 0.306 e. The second-order valence-electron chi connectivity index (χ2n) is 6.92. The number of carboxylic acids is 1. The molecule has 1 aromatic heterocycles. The first kappa shape index (κ1) is 22.4. The van der Waals surface area contributed by atoms with Crippen LogP contribution >= 0.6 is 22.6 Å². The fraction of sp³-hybridized carbons (Fsp3) is 0.190. The minimum Gasteiger partial charge on any atom is -0.493 e. The maximum absolute atomic E-state index is 12.3. The number of hydrogen-bond acceptors (Lipinski definition) is 5. The molecule has 0 bridgehead atoms. The second kappa shape index (κ2) is 9.69. The molecule has 0 radical (unpaired) electrons. The number of halogens is 1. The molecule has 10 heteroatoms. The number of carboxylic acid groups (broad SMARTS) is 1. The van der Waals surface area contributed by atoms with E-state index < -0.39 is 17.8 Å². The molecule has 31 heavy (non-hydrogen) atoms. The van der Waals surface area contributed by atoms with E-state index in [1.165, 1.54) is 12.1 Å². The van der Waals surface area contributed by atoms with Crippen LogP contribution in [0.1, 0.15) is 30.1 Å². The van der Waals surface area contributed by atoms with Gasteiger partial charge in [-0.2, -0.15) is 0 Å². The summed E-state index contributed by atoms with van der Waals surface area (Å²) in [6.07, 6.45) is 0.313. The zero-order chi connectivity index (χ0) is 22.5. The van der Waals surface area contributed by atoms with E-state index >= 15 is 0 Å². The Morgan fingerprint density at radius 1 is 1.16 bits per heavy atom. The number of hydrogen-bond donors (Lipinski definition) is 4. The highest BCUT2D eigenvalue weighted by Gasteiger charge is 2.14. The van der Waals surface area contributed by atoms with Crippen LogP contribution in [0.5, 0.6) is 5.88 Å². The number of aromatic hydroxyl groups is 1. The van der Waals surface area contributed by atoms with Gasteiger partial charge in [-0.05, 0) is 71.5 Å². The average molecular weight is 534 g/mol. The van der Waals surface area contributed by atoms with Gasteiger partial charge in [0, 0.05) is 26.6 Å². The van der Waals surface area contributed by atoms with Crippen LogP contribution < -0.4 is 5.32 Å². The highest BCUT2D eigenvalue weighted by molar-refractivity contribution is 14.1. The number of azo groups is 1. The van der Waals surface area contributed by atoms with Gasteiger partial charge in [0.25, 0.3) is 5.91 Å². The van der Waals surface area contributed by atoms with Crippen molar-refractivity contribution in [1.29, 1.82) is 0 Å². The third-order valence-corrected chi connectivity index (χ3v) is 5.27. The Morgan fingerprint density at radius 3 is 2.55 bits per heavy atom. The molecule has 0 saturated carbocycles. The van der Waals surface area contributed by atoms with E-state index in [-0.39, 0.29) is 35.9 Å². The van der Waals surface area contributed by atoms with Crippen molar-refractivity contribution in [3.63, 3.8) is 0 Å². The second-order valence-corrected chi connectivity index (χ2v) is 8.17. The van der Waals surface area contributed by atoms with Crippen LogP contribution in [0.4, 0.5) is 11.4 Å². The van der Waals surface area contributed by atoms with E-state index in [0.29, 0.717) is 16.6 Å². The van der Waals surface area contributed by atoms with Crippen LogP contribution in [0.3, 0.4) is 0 Å². The first-order chi connectivity index (χ1) is 14.7. The first-order valence-corrected chi connectivity index (χ1v) is 10.4. The van der Waals surface area contributed by atoms with Gasteiger partial charge >= 0.3 is 5.97 Å². The number of benzene rings is 2. The van der Waals surface area contributed by atoms with Crippen molar-refractivity contribution >= 4 is 62.7 Å². The summed E-state index contributed by atoms with van der Waals surface area (Å²) in [6.45, 7) is 1.54. The third kappa shape index (κ3) is 5.66. The van der Waals surface area contributed by atoms with Crippen molar-refractivity contribution in [3.05, 3.63) is 51.6 Å². The van der Waals surface area contributed by atoms with Gasteiger partial charge in [-0.25, -0.2) is 0 Å². The van der Waals surface area contributed by atoms with E-state index in [2.05, 4.69) is 43.1 Å². The minimum atomic E-state index is -0.944. The summed E-state index contributed by atoms with van der Waals surface area (Å²) in [5, 5.41) is 29.8. The van der Waals surface area contributed by atoms with Gasteiger partial charge in [0.2, 0.25) is 11.8 Å². The molecule has 0 aliphatic heterocycles. The fourth-order valence-corrected chi connectivity index (χ4v) is 3.27.